The molecule has 0 spiro atoms. The van der Waals surface area contributed by atoms with Gasteiger partial charge in [0.25, 0.3) is 6.43 Å². The second kappa shape index (κ2) is 5.72. The zero-order chi connectivity index (χ0) is 12.3. The van der Waals surface area contributed by atoms with E-state index in [4.69, 9.17) is 16.7 Å². The first-order valence-corrected chi connectivity index (χ1v) is 5.80. The van der Waals surface area contributed by atoms with Crippen molar-refractivity contribution >= 4 is 40.2 Å². The van der Waals surface area contributed by atoms with E-state index in [2.05, 4.69) is 4.98 Å². The molecule has 16 heavy (non-hydrogen) atoms. The van der Waals surface area contributed by atoms with Gasteiger partial charge in [-0.3, -0.25) is 9.78 Å². The largest absolute Gasteiger partial charge is 0.481 e. The van der Waals surface area contributed by atoms with E-state index in [-0.39, 0.29) is 17.9 Å². The minimum Gasteiger partial charge on any atom is -0.481 e. The number of carboxylic acid groups (broad SMARTS) is 1. The summed E-state index contributed by atoms with van der Waals surface area (Å²) in [5, 5.41) is 8.69. The Kier molecular flexibility index (Phi) is 4.85. The molecule has 0 aliphatic heterocycles. The van der Waals surface area contributed by atoms with Gasteiger partial charge in [0.15, 0.2) is 0 Å². The van der Waals surface area contributed by atoms with Crippen LogP contribution in [0.1, 0.15) is 23.2 Å². The molecule has 0 fully saturated rings. The van der Waals surface area contributed by atoms with Crippen LogP contribution in [0.5, 0.6) is 0 Å². The molecule has 3 nitrogen and oxygen atoms in total. The molecule has 0 amide bonds. The van der Waals surface area contributed by atoms with Crippen molar-refractivity contribution in [3.63, 3.8) is 0 Å². The Morgan fingerprint density at radius 1 is 1.56 bits per heavy atom. The molecule has 1 aromatic rings. The van der Waals surface area contributed by atoms with Crippen LogP contribution in [0, 0.1) is 3.57 Å². The quantitative estimate of drug-likeness (QED) is 0.662. The van der Waals surface area contributed by atoms with Gasteiger partial charge in [-0.2, -0.15) is 0 Å². The van der Waals surface area contributed by atoms with E-state index < -0.39 is 18.1 Å². The molecule has 1 heterocycles. The van der Waals surface area contributed by atoms with E-state index >= 15 is 0 Å². The molecule has 0 aromatic carbocycles. The highest BCUT2D eigenvalue weighted by atomic mass is 127. The lowest BCUT2D eigenvalue weighted by Gasteiger charge is -2.11. The Morgan fingerprint density at radius 2 is 2.19 bits per heavy atom. The molecule has 0 saturated heterocycles. The molecule has 1 rings (SSSR count). The molecular formula is C9H7ClF2INO2. The van der Waals surface area contributed by atoms with Gasteiger partial charge < -0.3 is 5.11 Å². The molecule has 88 valence electrons. The Balaban J connectivity index is 3.32. The lowest BCUT2D eigenvalue weighted by molar-refractivity contribution is -0.136. The van der Waals surface area contributed by atoms with Crippen LogP contribution >= 0.6 is 34.2 Å². The van der Waals surface area contributed by atoms with Crippen molar-refractivity contribution in [2.24, 2.45) is 0 Å². The van der Waals surface area contributed by atoms with Crippen molar-refractivity contribution < 1.29 is 18.7 Å². The first-order chi connectivity index (χ1) is 7.47. The van der Waals surface area contributed by atoms with Crippen LogP contribution in [0.4, 0.5) is 8.78 Å². The van der Waals surface area contributed by atoms with Crippen molar-refractivity contribution in [2.75, 3.05) is 0 Å². The predicted molar refractivity (Wildman–Crippen MR) is 62.8 cm³/mol. The Hall–Kier alpha value is -0.500. The van der Waals surface area contributed by atoms with Crippen molar-refractivity contribution in [1.29, 1.82) is 0 Å². The molecule has 0 aliphatic rings. The molecule has 7 heteroatoms. The summed E-state index contributed by atoms with van der Waals surface area (Å²) in [7, 11) is 0. The first kappa shape index (κ1) is 13.6. The van der Waals surface area contributed by atoms with E-state index in [0.717, 1.165) is 0 Å². The molecule has 0 radical (unpaired) electrons. The highest BCUT2D eigenvalue weighted by molar-refractivity contribution is 14.1. The van der Waals surface area contributed by atoms with Gasteiger partial charge >= 0.3 is 5.97 Å². The van der Waals surface area contributed by atoms with Crippen molar-refractivity contribution in [1.82, 2.24) is 4.98 Å². The van der Waals surface area contributed by atoms with Gasteiger partial charge in [0.2, 0.25) is 0 Å². The van der Waals surface area contributed by atoms with Crippen molar-refractivity contribution in [3.05, 3.63) is 26.6 Å². The van der Waals surface area contributed by atoms with E-state index in [0.29, 0.717) is 9.13 Å². The number of alkyl halides is 3. The van der Waals surface area contributed by atoms with Crippen LogP contribution in [-0.4, -0.2) is 16.1 Å². The summed E-state index contributed by atoms with van der Waals surface area (Å²) < 4.78 is 25.7. The maximum absolute atomic E-state index is 12.6. The molecular weight excluding hydrogens is 354 g/mol. The van der Waals surface area contributed by atoms with Crippen LogP contribution in [0.2, 0.25) is 0 Å². The first-order valence-electron chi connectivity index (χ1n) is 4.19. The average molecular weight is 362 g/mol. The summed E-state index contributed by atoms with van der Waals surface area (Å²) in [5.74, 6) is -1.26. The fourth-order valence-corrected chi connectivity index (χ4v) is 2.21. The average Bonchev–Trinajstić information content (AvgIpc) is 2.19. The standard InChI is InChI=1S/C9H7ClF2INO2/c10-2-5-4(1-7(15)16)6(13)3-14-8(5)9(11)12/h3,9H,1-2H2,(H,15,16). The Labute approximate surface area is 109 Å². The number of carbonyl (C=O) groups is 1. The van der Waals surface area contributed by atoms with Gasteiger partial charge in [-0.15, -0.1) is 11.6 Å². The monoisotopic (exact) mass is 361 g/mol. The zero-order valence-electron chi connectivity index (χ0n) is 7.88. The number of halogens is 4. The number of hydrogen-bond donors (Lipinski definition) is 1. The van der Waals surface area contributed by atoms with Crippen LogP contribution in [-0.2, 0) is 17.1 Å². The molecule has 0 saturated carbocycles. The number of aliphatic carboxylic acids is 1. The van der Waals surface area contributed by atoms with E-state index in [9.17, 15) is 13.6 Å². The van der Waals surface area contributed by atoms with Crippen LogP contribution in [0.15, 0.2) is 6.20 Å². The van der Waals surface area contributed by atoms with E-state index in [1.807, 2.05) is 22.6 Å². The number of hydrogen-bond acceptors (Lipinski definition) is 2. The van der Waals surface area contributed by atoms with Gasteiger partial charge in [0.1, 0.15) is 5.69 Å². The van der Waals surface area contributed by atoms with Gasteiger partial charge in [-0.25, -0.2) is 8.78 Å². The topological polar surface area (TPSA) is 50.2 Å². The fourth-order valence-electron chi connectivity index (χ4n) is 1.26. The number of rotatable bonds is 4. The van der Waals surface area contributed by atoms with Crippen LogP contribution in [0.3, 0.4) is 0 Å². The summed E-state index contributed by atoms with van der Waals surface area (Å²) in [6, 6.07) is 0. The summed E-state index contributed by atoms with van der Waals surface area (Å²) >= 11 is 7.42. The fraction of sp³-hybridized carbons (Fsp3) is 0.333. The molecule has 0 unspecified atom stereocenters. The summed E-state index contributed by atoms with van der Waals surface area (Å²) in [4.78, 5) is 14.2. The maximum atomic E-state index is 12.6. The summed E-state index contributed by atoms with van der Waals surface area (Å²) in [5.41, 5.74) is -0.00830. The molecule has 0 atom stereocenters. The highest BCUT2D eigenvalue weighted by Gasteiger charge is 2.20. The highest BCUT2D eigenvalue weighted by Crippen LogP contribution is 2.28. The van der Waals surface area contributed by atoms with Gasteiger partial charge in [0.05, 0.1) is 6.42 Å². The van der Waals surface area contributed by atoms with Crippen molar-refractivity contribution in [2.45, 2.75) is 18.7 Å². The number of pyridine rings is 1. The van der Waals surface area contributed by atoms with Crippen LogP contribution < -0.4 is 0 Å². The summed E-state index contributed by atoms with van der Waals surface area (Å²) in [6.45, 7) is 0. The molecule has 1 N–H and O–H groups in total. The number of aromatic nitrogens is 1. The molecule has 1 aromatic heterocycles. The SMILES string of the molecule is O=C(O)Cc1c(I)cnc(C(F)F)c1CCl. The minimum atomic E-state index is -2.75. The lowest BCUT2D eigenvalue weighted by Crippen LogP contribution is -2.09. The van der Waals surface area contributed by atoms with Gasteiger partial charge in [-0.1, -0.05) is 0 Å². The second-order valence-corrected chi connectivity index (χ2v) is 4.38. The van der Waals surface area contributed by atoms with E-state index in [1.165, 1.54) is 6.20 Å². The third-order valence-electron chi connectivity index (χ3n) is 1.95. The number of carboxylic acids is 1. The van der Waals surface area contributed by atoms with Gasteiger partial charge in [0, 0.05) is 15.6 Å². The molecule has 0 aliphatic carbocycles. The third-order valence-corrected chi connectivity index (χ3v) is 3.14. The molecule has 0 bridgehead atoms. The Morgan fingerprint density at radius 3 is 2.62 bits per heavy atom. The third kappa shape index (κ3) is 3.00. The van der Waals surface area contributed by atoms with Crippen LogP contribution in [0.25, 0.3) is 0 Å². The number of nitrogens with zero attached hydrogens (tertiary/aromatic N) is 1. The maximum Gasteiger partial charge on any atom is 0.307 e. The normalized spacial score (nSPS) is 10.8. The minimum absolute atomic E-state index is 0.117. The van der Waals surface area contributed by atoms with E-state index in [1.54, 1.807) is 0 Å². The smallest absolute Gasteiger partial charge is 0.307 e. The predicted octanol–water partition coefficient (Wildman–Crippen LogP) is 2.99. The Bertz CT molecular complexity index is 415. The summed E-state index contributed by atoms with van der Waals surface area (Å²) in [6.07, 6.45) is -1.85. The lowest BCUT2D eigenvalue weighted by atomic mass is 10.1. The van der Waals surface area contributed by atoms with Gasteiger partial charge in [-0.05, 0) is 33.7 Å². The second-order valence-electron chi connectivity index (χ2n) is 2.95. The van der Waals surface area contributed by atoms with Crippen molar-refractivity contribution in [3.8, 4) is 0 Å². The zero-order valence-corrected chi connectivity index (χ0v) is 10.8.